The Labute approximate surface area is 105 Å². The molecule has 0 aliphatic heterocycles. The number of hydrogen-bond acceptors (Lipinski definition) is 3. The molecule has 0 bridgehead atoms. The van der Waals surface area contributed by atoms with E-state index >= 15 is 0 Å². The van der Waals surface area contributed by atoms with Gasteiger partial charge in [0.05, 0.1) is 0 Å². The van der Waals surface area contributed by atoms with Crippen molar-refractivity contribution in [3.63, 3.8) is 0 Å². The van der Waals surface area contributed by atoms with Crippen molar-refractivity contribution in [3.8, 4) is 0 Å². The zero-order valence-corrected chi connectivity index (χ0v) is 12.1. The minimum atomic E-state index is -3.40. The summed E-state index contributed by atoms with van der Waals surface area (Å²) in [5, 5.41) is 0. The summed E-state index contributed by atoms with van der Waals surface area (Å²) in [6, 6.07) is 0. The number of halogens is 1. The van der Waals surface area contributed by atoms with Crippen molar-refractivity contribution in [1.82, 2.24) is 9.03 Å². The number of nitrogens with zero attached hydrogens (tertiary/aromatic N) is 1. The largest absolute Gasteiger partial charge is 0.329 e. The van der Waals surface area contributed by atoms with Crippen LogP contribution in [0.2, 0.25) is 0 Å². The maximum Gasteiger partial charge on any atom is 0.279 e. The summed E-state index contributed by atoms with van der Waals surface area (Å²) in [6.07, 6.45) is 1.83. The minimum Gasteiger partial charge on any atom is -0.329 e. The molecule has 7 heteroatoms. The maximum absolute atomic E-state index is 11.8. The third kappa shape index (κ3) is 6.65. The van der Waals surface area contributed by atoms with Crippen molar-refractivity contribution in [2.45, 2.75) is 39.2 Å². The lowest BCUT2D eigenvalue weighted by Crippen LogP contribution is -2.53. The Hall–Kier alpha value is 0.120. The summed E-state index contributed by atoms with van der Waals surface area (Å²) in [6.45, 7) is 6.36. The average Bonchev–Trinajstić information content (AvgIpc) is 2.12. The predicted octanol–water partition coefficient (Wildman–Crippen LogP) is 0.712. The van der Waals surface area contributed by atoms with E-state index in [4.69, 9.17) is 5.73 Å². The highest BCUT2D eigenvalue weighted by Gasteiger charge is 2.26. The number of unbranched alkanes of at least 4 members (excludes halogenated alkanes) is 1. The smallest absolute Gasteiger partial charge is 0.279 e. The van der Waals surface area contributed by atoms with E-state index in [-0.39, 0.29) is 19.0 Å². The molecule has 100 valence electrons. The molecule has 0 radical (unpaired) electrons. The van der Waals surface area contributed by atoms with Gasteiger partial charge in [-0.25, -0.2) is 0 Å². The summed E-state index contributed by atoms with van der Waals surface area (Å²) >= 11 is 0. The third-order valence-corrected chi connectivity index (χ3v) is 3.97. The van der Waals surface area contributed by atoms with Crippen molar-refractivity contribution in [3.05, 3.63) is 0 Å². The van der Waals surface area contributed by atoms with Gasteiger partial charge in [-0.1, -0.05) is 13.3 Å². The van der Waals surface area contributed by atoms with Gasteiger partial charge in [-0.2, -0.15) is 17.4 Å². The van der Waals surface area contributed by atoms with Gasteiger partial charge in [0.15, 0.2) is 0 Å². The van der Waals surface area contributed by atoms with Crippen molar-refractivity contribution in [2.75, 3.05) is 20.1 Å². The van der Waals surface area contributed by atoms with Gasteiger partial charge in [0.2, 0.25) is 0 Å². The van der Waals surface area contributed by atoms with E-state index < -0.39 is 15.7 Å². The molecule has 0 fully saturated rings. The second-order valence-electron chi connectivity index (χ2n) is 4.37. The van der Waals surface area contributed by atoms with E-state index in [9.17, 15) is 8.42 Å². The van der Waals surface area contributed by atoms with Gasteiger partial charge in [-0.05, 0) is 20.3 Å². The Morgan fingerprint density at radius 2 is 1.88 bits per heavy atom. The normalized spacial score (nSPS) is 12.6. The lowest BCUT2D eigenvalue weighted by molar-refractivity contribution is 0.407. The van der Waals surface area contributed by atoms with Crippen LogP contribution in [0.4, 0.5) is 0 Å². The van der Waals surface area contributed by atoms with E-state index in [1.807, 2.05) is 6.92 Å². The molecule has 0 spiro atoms. The Morgan fingerprint density at radius 1 is 1.38 bits per heavy atom. The van der Waals surface area contributed by atoms with Gasteiger partial charge in [-0.3, -0.25) is 0 Å². The van der Waals surface area contributed by atoms with Crippen LogP contribution in [0.3, 0.4) is 0 Å². The van der Waals surface area contributed by atoms with Gasteiger partial charge < -0.3 is 5.73 Å². The van der Waals surface area contributed by atoms with E-state index in [1.165, 1.54) is 4.31 Å². The molecule has 0 atom stereocenters. The van der Waals surface area contributed by atoms with Crippen LogP contribution < -0.4 is 10.5 Å². The summed E-state index contributed by atoms with van der Waals surface area (Å²) in [5.74, 6) is 0. The van der Waals surface area contributed by atoms with Crippen LogP contribution in [-0.2, 0) is 10.2 Å². The first kappa shape index (κ1) is 18.5. The topological polar surface area (TPSA) is 75.4 Å². The van der Waals surface area contributed by atoms with Crippen LogP contribution in [0.5, 0.6) is 0 Å². The van der Waals surface area contributed by atoms with Gasteiger partial charge in [0.1, 0.15) is 0 Å². The Morgan fingerprint density at radius 3 is 2.25 bits per heavy atom. The molecule has 3 N–H and O–H groups in total. The fourth-order valence-electron chi connectivity index (χ4n) is 0.970. The van der Waals surface area contributed by atoms with Gasteiger partial charge in [0.25, 0.3) is 10.2 Å². The predicted molar refractivity (Wildman–Crippen MR) is 70.0 cm³/mol. The van der Waals surface area contributed by atoms with Crippen molar-refractivity contribution in [2.24, 2.45) is 5.73 Å². The molecular formula is C9H24ClN3O2S. The summed E-state index contributed by atoms with van der Waals surface area (Å²) in [7, 11) is -1.82. The van der Waals surface area contributed by atoms with Gasteiger partial charge in [0, 0.05) is 25.7 Å². The highest BCUT2D eigenvalue weighted by Crippen LogP contribution is 2.05. The van der Waals surface area contributed by atoms with Crippen molar-refractivity contribution < 1.29 is 8.42 Å². The number of nitrogens with one attached hydrogen (secondary N) is 1. The SMILES string of the molecule is CCCCN(C)S(=O)(=O)NC(C)(C)CN.Cl. The van der Waals surface area contributed by atoms with E-state index in [0.717, 1.165) is 12.8 Å². The first-order chi connectivity index (χ1) is 6.75. The molecule has 0 aliphatic carbocycles. The molecule has 0 saturated heterocycles. The molecule has 16 heavy (non-hydrogen) atoms. The second kappa shape index (κ2) is 7.45. The molecular weight excluding hydrogens is 250 g/mol. The Balaban J connectivity index is 0. The lowest BCUT2D eigenvalue weighted by Gasteiger charge is -2.27. The standard InChI is InChI=1S/C9H23N3O2S.ClH/c1-5-6-7-12(4)15(13,14)11-9(2,3)8-10;/h11H,5-8,10H2,1-4H3;1H. The van der Waals surface area contributed by atoms with Crippen LogP contribution in [0.15, 0.2) is 0 Å². The molecule has 0 heterocycles. The molecule has 0 aromatic carbocycles. The number of hydrogen-bond donors (Lipinski definition) is 2. The van der Waals surface area contributed by atoms with Crippen LogP contribution in [0.1, 0.15) is 33.6 Å². The zero-order chi connectivity index (χ0) is 12.1. The first-order valence-corrected chi connectivity index (χ1v) is 6.64. The highest BCUT2D eigenvalue weighted by atomic mass is 35.5. The fourth-order valence-corrected chi connectivity index (χ4v) is 2.28. The molecule has 0 aliphatic rings. The monoisotopic (exact) mass is 273 g/mol. The van der Waals surface area contributed by atoms with E-state index in [1.54, 1.807) is 20.9 Å². The summed E-state index contributed by atoms with van der Waals surface area (Å²) in [4.78, 5) is 0. The zero-order valence-electron chi connectivity index (χ0n) is 10.5. The Bertz CT molecular complexity index is 280. The van der Waals surface area contributed by atoms with E-state index in [2.05, 4.69) is 4.72 Å². The second-order valence-corrected chi connectivity index (χ2v) is 6.15. The first-order valence-electron chi connectivity index (χ1n) is 5.20. The Kier molecular flexibility index (Phi) is 8.60. The summed E-state index contributed by atoms with van der Waals surface area (Å²) < 4.78 is 27.4. The number of nitrogens with two attached hydrogens (primary N) is 1. The molecule has 0 saturated carbocycles. The minimum absolute atomic E-state index is 0. The van der Waals surface area contributed by atoms with Crippen molar-refractivity contribution in [1.29, 1.82) is 0 Å². The number of rotatable bonds is 7. The van der Waals surface area contributed by atoms with Gasteiger partial charge >= 0.3 is 0 Å². The van der Waals surface area contributed by atoms with Crippen LogP contribution in [-0.4, -0.2) is 38.4 Å². The van der Waals surface area contributed by atoms with Crippen LogP contribution in [0.25, 0.3) is 0 Å². The molecule has 0 amide bonds. The molecule has 0 aromatic rings. The quantitative estimate of drug-likeness (QED) is 0.717. The third-order valence-electron chi connectivity index (χ3n) is 2.15. The molecule has 0 aromatic heterocycles. The maximum atomic E-state index is 11.8. The fraction of sp³-hybridized carbons (Fsp3) is 1.00. The summed E-state index contributed by atoms with van der Waals surface area (Å²) in [5.41, 5.74) is 4.87. The van der Waals surface area contributed by atoms with Crippen LogP contribution in [0, 0.1) is 0 Å². The highest BCUT2D eigenvalue weighted by molar-refractivity contribution is 7.87. The molecule has 5 nitrogen and oxygen atoms in total. The average molecular weight is 274 g/mol. The van der Waals surface area contributed by atoms with E-state index in [0.29, 0.717) is 6.54 Å². The van der Waals surface area contributed by atoms with Crippen molar-refractivity contribution >= 4 is 22.6 Å². The molecule has 0 unspecified atom stereocenters. The van der Waals surface area contributed by atoms with Gasteiger partial charge in [-0.15, -0.1) is 12.4 Å². The molecule has 0 rings (SSSR count). The van der Waals surface area contributed by atoms with Crippen LogP contribution >= 0.6 is 12.4 Å². The lowest BCUT2D eigenvalue weighted by atomic mass is 10.1.